The smallest absolute Gasteiger partial charge is 0.328 e. The molecule has 1 fully saturated rings. The van der Waals surface area contributed by atoms with E-state index in [-0.39, 0.29) is 11.8 Å². The van der Waals surface area contributed by atoms with E-state index >= 15 is 0 Å². The Bertz CT molecular complexity index is 819. The number of hydrogen-bond donors (Lipinski definition) is 0. The van der Waals surface area contributed by atoms with Crippen molar-refractivity contribution in [2.24, 2.45) is 5.92 Å². The average Bonchev–Trinajstić information content (AvgIpc) is 2.72. The van der Waals surface area contributed by atoms with E-state index in [1.165, 1.54) is 7.11 Å². The monoisotopic (exact) mass is 383 g/mol. The van der Waals surface area contributed by atoms with Crippen LogP contribution in [0.25, 0.3) is 0 Å². The van der Waals surface area contributed by atoms with Crippen LogP contribution in [0.15, 0.2) is 54.6 Å². The quantitative estimate of drug-likeness (QED) is 0.543. The van der Waals surface area contributed by atoms with E-state index in [0.29, 0.717) is 5.75 Å². The molecule has 28 heavy (non-hydrogen) atoms. The lowest BCUT2D eigenvalue weighted by Gasteiger charge is -2.50. The first kappa shape index (κ1) is 19.7. The summed E-state index contributed by atoms with van der Waals surface area (Å²) in [6.45, 7) is 3.79. The first-order chi connectivity index (χ1) is 13.5. The number of β-lactam (4-membered cyclic amide) rings is 1. The zero-order valence-electron chi connectivity index (χ0n) is 16.5. The molecule has 1 heterocycles. The van der Waals surface area contributed by atoms with Gasteiger partial charge in [0.2, 0.25) is 6.10 Å². The van der Waals surface area contributed by atoms with Crippen LogP contribution in [-0.2, 0) is 14.3 Å². The Balaban J connectivity index is 1.96. The Morgan fingerprint density at radius 1 is 0.964 bits per heavy atom. The largest absolute Gasteiger partial charge is 0.497 e. The minimum absolute atomic E-state index is 0.102. The Morgan fingerprint density at radius 2 is 1.61 bits per heavy atom. The fraction of sp³-hybridized carbons (Fsp3) is 0.364. The van der Waals surface area contributed by atoms with Crippen molar-refractivity contribution in [1.82, 2.24) is 4.90 Å². The van der Waals surface area contributed by atoms with Gasteiger partial charge in [-0.05, 0) is 35.7 Å². The average molecular weight is 383 g/mol. The van der Waals surface area contributed by atoms with Crippen molar-refractivity contribution in [3.8, 4) is 11.5 Å². The highest BCUT2D eigenvalue weighted by atomic mass is 16.5. The molecule has 0 bridgehead atoms. The summed E-state index contributed by atoms with van der Waals surface area (Å²) in [5.74, 6) is 0.566. The Labute approximate surface area is 165 Å². The van der Waals surface area contributed by atoms with Gasteiger partial charge in [0.1, 0.15) is 23.6 Å². The lowest BCUT2D eigenvalue weighted by molar-refractivity contribution is -0.180. The second-order valence-electron chi connectivity index (χ2n) is 7.03. The Hall–Kier alpha value is -3.02. The van der Waals surface area contributed by atoms with Crippen molar-refractivity contribution in [2.45, 2.75) is 32.0 Å². The molecule has 0 aliphatic carbocycles. The third-order valence-corrected chi connectivity index (χ3v) is 4.92. The van der Waals surface area contributed by atoms with Crippen LogP contribution in [0.3, 0.4) is 0 Å². The molecule has 0 spiro atoms. The number of amides is 1. The Kier molecular flexibility index (Phi) is 5.87. The number of benzene rings is 2. The van der Waals surface area contributed by atoms with E-state index in [1.54, 1.807) is 24.1 Å². The number of rotatable bonds is 7. The third kappa shape index (κ3) is 3.67. The molecule has 6 heteroatoms. The summed E-state index contributed by atoms with van der Waals surface area (Å²) >= 11 is 0. The van der Waals surface area contributed by atoms with Gasteiger partial charge in [0, 0.05) is 0 Å². The van der Waals surface area contributed by atoms with Crippen LogP contribution in [-0.4, -0.2) is 43.1 Å². The van der Waals surface area contributed by atoms with Gasteiger partial charge in [-0.15, -0.1) is 0 Å². The summed E-state index contributed by atoms with van der Waals surface area (Å²) in [4.78, 5) is 27.0. The number of carbonyl (C=O) groups excluding carboxylic acids is 2. The zero-order chi connectivity index (χ0) is 20.3. The summed E-state index contributed by atoms with van der Waals surface area (Å²) < 4.78 is 16.2. The molecule has 1 aliphatic rings. The highest BCUT2D eigenvalue weighted by Gasteiger charge is 2.55. The van der Waals surface area contributed by atoms with E-state index in [4.69, 9.17) is 14.2 Å². The van der Waals surface area contributed by atoms with Gasteiger partial charge in [-0.2, -0.15) is 0 Å². The molecule has 148 valence electrons. The lowest BCUT2D eigenvalue weighted by Crippen LogP contribution is -2.67. The van der Waals surface area contributed by atoms with E-state index in [9.17, 15) is 9.59 Å². The van der Waals surface area contributed by atoms with E-state index < -0.39 is 24.2 Å². The van der Waals surface area contributed by atoms with E-state index in [1.807, 2.05) is 56.3 Å². The van der Waals surface area contributed by atoms with Gasteiger partial charge < -0.3 is 19.1 Å². The molecule has 1 amide bonds. The molecule has 2 aromatic rings. The Morgan fingerprint density at radius 3 is 2.14 bits per heavy atom. The van der Waals surface area contributed by atoms with Gasteiger partial charge in [0.05, 0.1) is 14.2 Å². The van der Waals surface area contributed by atoms with Crippen LogP contribution in [0.4, 0.5) is 0 Å². The van der Waals surface area contributed by atoms with Crippen molar-refractivity contribution >= 4 is 11.9 Å². The minimum atomic E-state index is -0.707. The number of nitrogens with zero attached hydrogens (tertiary/aromatic N) is 1. The van der Waals surface area contributed by atoms with Gasteiger partial charge >= 0.3 is 5.97 Å². The first-order valence-electron chi connectivity index (χ1n) is 9.23. The number of para-hydroxylation sites is 1. The predicted octanol–water partition coefficient (Wildman–Crippen LogP) is 3.22. The molecule has 0 saturated carbocycles. The normalized spacial score (nSPS) is 19.8. The molecule has 0 unspecified atom stereocenters. The molecule has 0 radical (unpaired) electrons. The minimum Gasteiger partial charge on any atom is -0.497 e. The maximum Gasteiger partial charge on any atom is 0.328 e. The molecule has 1 aliphatic heterocycles. The number of methoxy groups -OCH3 is 2. The van der Waals surface area contributed by atoms with Gasteiger partial charge in [-0.25, -0.2) is 4.79 Å². The van der Waals surface area contributed by atoms with Crippen molar-refractivity contribution in [1.29, 1.82) is 0 Å². The molecular weight excluding hydrogens is 358 g/mol. The van der Waals surface area contributed by atoms with Gasteiger partial charge in [-0.1, -0.05) is 44.2 Å². The second-order valence-corrected chi connectivity index (χ2v) is 7.03. The number of hydrogen-bond acceptors (Lipinski definition) is 5. The zero-order valence-corrected chi connectivity index (χ0v) is 16.5. The van der Waals surface area contributed by atoms with Crippen LogP contribution >= 0.6 is 0 Å². The van der Waals surface area contributed by atoms with Gasteiger partial charge in [-0.3, -0.25) is 4.79 Å². The van der Waals surface area contributed by atoms with Crippen molar-refractivity contribution < 1.29 is 23.8 Å². The SMILES string of the molecule is COC(=O)[C@H](C(C)C)N1C(=O)[C@@H](Oc2ccccc2)[C@@H]1c1ccc(OC)cc1. The van der Waals surface area contributed by atoms with Gasteiger partial charge in [0.15, 0.2) is 0 Å². The maximum absolute atomic E-state index is 13.0. The molecule has 3 rings (SSSR count). The second kappa shape index (κ2) is 8.33. The number of ether oxygens (including phenoxy) is 3. The summed E-state index contributed by atoms with van der Waals surface area (Å²) in [5.41, 5.74) is 0.871. The number of carbonyl (C=O) groups is 2. The summed E-state index contributed by atoms with van der Waals surface area (Å²) in [5, 5.41) is 0. The van der Waals surface area contributed by atoms with Crippen molar-refractivity contribution in [3.05, 3.63) is 60.2 Å². The third-order valence-electron chi connectivity index (χ3n) is 4.92. The van der Waals surface area contributed by atoms with Gasteiger partial charge in [0.25, 0.3) is 5.91 Å². The maximum atomic E-state index is 13.0. The predicted molar refractivity (Wildman–Crippen MR) is 104 cm³/mol. The van der Waals surface area contributed by atoms with Crippen LogP contribution in [0, 0.1) is 5.92 Å². The molecule has 0 N–H and O–H groups in total. The molecule has 1 saturated heterocycles. The van der Waals surface area contributed by atoms with E-state index in [0.717, 1.165) is 11.3 Å². The van der Waals surface area contributed by atoms with Crippen molar-refractivity contribution in [2.75, 3.05) is 14.2 Å². The molecule has 6 nitrogen and oxygen atoms in total. The lowest BCUT2D eigenvalue weighted by atomic mass is 9.85. The summed E-state index contributed by atoms with van der Waals surface area (Å²) in [7, 11) is 2.93. The fourth-order valence-corrected chi connectivity index (χ4v) is 3.52. The standard InChI is InChI=1S/C22H25NO5/c1-14(2)18(22(25)27-4)23-19(15-10-12-16(26-3)13-11-15)20(21(23)24)28-17-8-6-5-7-9-17/h5-14,18-20H,1-4H3/t18-,19-,20-/m0/s1. The van der Waals surface area contributed by atoms with Crippen LogP contribution < -0.4 is 9.47 Å². The number of likely N-dealkylation sites (tertiary alicyclic amines) is 1. The topological polar surface area (TPSA) is 65.1 Å². The highest BCUT2D eigenvalue weighted by Crippen LogP contribution is 2.41. The molecular formula is C22H25NO5. The fourth-order valence-electron chi connectivity index (χ4n) is 3.52. The van der Waals surface area contributed by atoms with Crippen molar-refractivity contribution in [3.63, 3.8) is 0 Å². The first-order valence-corrected chi connectivity index (χ1v) is 9.23. The summed E-state index contributed by atoms with van der Waals surface area (Å²) in [6, 6.07) is 15.6. The highest BCUT2D eigenvalue weighted by molar-refractivity contribution is 5.93. The molecule has 2 aromatic carbocycles. The number of esters is 1. The molecule has 3 atom stereocenters. The van der Waals surface area contributed by atoms with E-state index in [2.05, 4.69) is 0 Å². The summed E-state index contributed by atoms with van der Waals surface area (Å²) in [6.07, 6.45) is -0.707. The van der Waals surface area contributed by atoms with Crippen LogP contribution in [0.1, 0.15) is 25.5 Å². The molecule has 0 aromatic heterocycles. The van der Waals surface area contributed by atoms with Crippen LogP contribution in [0.5, 0.6) is 11.5 Å². The van der Waals surface area contributed by atoms with Crippen LogP contribution in [0.2, 0.25) is 0 Å².